The fourth-order valence-electron chi connectivity index (χ4n) is 2.82. The van der Waals surface area contributed by atoms with Crippen LogP contribution in [0, 0.1) is 5.92 Å². The Labute approximate surface area is 116 Å². The van der Waals surface area contributed by atoms with E-state index in [2.05, 4.69) is 43.0 Å². The Hall–Kier alpha value is -1.03. The summed E-state index contributed by atoms with van der Waals surface area (Å²) in [6, 6.07) is 8.51. The average molecular weight is 281 g/mol. The van der Waals surface area contributed by atoms with Gasteiger partial charge in [0.15, 0.2) is 0 Å². The number of sulfone groups is 1. The van der Waals surface area contributed by atoms with Crippen molar-refractivity contribution in [1.29, 1.82) is 0 Å². The van der Waals surface area contributed by atoms with Crippen LogP contribution in [0.5, 0.6) is 0 Å². The molecule has 1 aromatic rings. The minimum atomic E-state index is -2.85. The van der Waals surface area contributed by atoms with E-state index in [0.29, 0.717) is 18.3 Å². The second-order valence-electron chi connectivity index (χ2n) is 5.84. The van der Waals surface area contributed by atoms with Crippen LogP contribution in [0.2, 0.25) is 0 Å². The summed E-state index contributed by atoms with van der Waals surface area (Å²) in [4.78, 5) is 2.34. The van der Waals surface area contributed by atoms with E-state index in [1.807, 2.05) is 0 Å². The van der Waals surface area contributed by atoms with Crippen LogP contribution in [0.15, 0.2) is 24.3 Å². The molecular weight excluding hydrogens is 258 g/mol. The van der Waals surface area contributed by atoms with Crippen molar-refractivity contribution < 1.29 is 8.42 Å². The molecule has 2 rings (SSSR count). The molecule has 0 saturated carbocycles. The highest BCUT2D eigenvalue weighted by Gasteiger charge is 2.29. The Morgan fingerprint density at radius 3 is 2.63 bits per heavy atom. The summed E-state index contributed by atoms with van der Waals surface area (Å²) in [7, 11) is -2.85. The third-order valence-corrected chi connectivity index (χ3v) is 4.87. The van der Waals surface area contributed by atoms with Gasteiger partial charge >= 0.3 is 0 Å². The third-order valence-electron chi connectivity index (χ3n) is 3.84. The molecule has 0 aromatic heterocycles. The van der Waals surface area contributed by atoms with E-state index in [0.717, 1.165) is 13.1 Å². The molecule has 1 aliphatic heterocycles. The van der Waals surface area contributed by atoms with Crippen molar-refractivity contribution in [3.05, 3.63) is 29.8 Å². The molecular formula is C15H23NO2S. The Bertz CT molecular complexity index is 537. The predicted octanol–water partition coefficient (Wildman–Crippen LogP) is 2.68. The van der Waals surface area contributed by atoms with Crippen molar-refractivity contribution in [2.45, 2.75) is 26.2 Å². The van der Waals surface area contributed by atoms with E-state index < -0.39 is 9.84 Å². The maximum atomic E-state index is 11.2. The number of anilines is 1. The molecule has 0 spiro atoms. The molecule has 0 bridgehead atoms. The first-order valence-corrected chi connectivity index (χ1v) is 8.96. The average Bonchev–Trinajstić information content (AvgIpc) is 2.67. The lowest BCUT2D eigenvalue weighted by atomic mass is 9.90. The summed E-state index contributed by atoms with van der Waals surface area (Å²) in [5.74, 6) is 1.45. The first-order valence-electron chi connectivity index (χ1n) is 6.90. The van der Waals surface area contributed by atoms with Gasteiger partial charge in [0.25, 0.3) is 0 Å². The van der Waals surface area contributed by atoms with Gasteiger partial charge in [-0.2, -0.15) is 0 Å². The van der Waals surface area contributed by atoms with Crippen molar-refractivity contribution in [3.8, 4) is 0 Å². The molecule has 0 saturated heterocycles. The van der Waals surface area contributed by atoms with Gasteiger partial charge < -0.3 is 4.90 Å². The highest BCUT2D eigenvalue weighted by Crippen LogP contribution is 2.39. The van der Waals surface area contributed by atoms with Gasteiger partial charge in [-0.15, -0.1) is 0 Å². The molecule has 3 nitrogen and oxygen atoms in total. The summed E-state index contributed by atoms with van der Waals surface area (Å²) >= 11 is 0. The Morgan fingerprint density at radius 2 is 2.00 bits per heavy atom. The number of rotatable bonds is 5. The molecule has 0 fully saturated rings. The normalized spacial score (nSPS) is 18.9. The predicted molar refractivity (Wildman–Crippen MR) is 80.6 cm³/mol. The van der Waals surface area contributed by atoms with Crippen LogP contribution in [-0.2, 0) is 9.84 Å². The molecule has 0 N–H and O–H groups in total. The van der Waals surface area contributed by atoms with Crippen LogP contribution in [0.25, 0.3) is 0 Å². The first-order chi connectivity index (χ1) is 8.88. The molecule has 0 unspecified atom stereocenters. The summed E-state index contributed by atoms with van der Waals surface area (Å²) in [5.41, 5.74) is 2.70. The fraction of sp³-hybridized carbons (Fsp3) is 0.600. The molecule has 19 heavy (non-hydrogen) atoms. The number of fused-ring (bicyclic) bond motifs is 1. The van der Waals surface area contributed by atoms with E-state index in [1.54, 1.807) is 0 Å². The SMILES string of the molecule is CC(C)[C@H]1CN(CCCS(C)(=O)=O)c2ccccc21. The minimum Gasteiger partial charge on any atom is -0.371 e. The standard InChI is InChI=1S/C15H23NO2S/c1-12(2)14-11-16(9-6-10-19(3,17)18)15-8-5-4-7-13(14)15/h4-5,7-8,12,14H,6,9-11H2,1-3H3/t14-/m1/s1. The van der Waals surface area contributed by atoms with Crippen LogP contribution in [-0.4, -0.2) is 33.5 Å². The summed E-state index contributed by atoms with van der Waals surface area (Å²) < 4.78 is 22.4. The Morgan fingerprint density at radius 1 is 1.32 bits per heavy atom. The monoisotopic (exact) mass is 281 g/mol. The summed E-state index contributed by atoms with van der Waals surface area (Å²) in [6.45, 7) is 6.34. The number of para-hydroxylation sites is 1. The zero-order valence-electron chi connectivity index (χ0n) is 12.0. The highest BCUT2D eigenvalue weighted by atomic mass is 32.2. The fourth-order valence-corrected chi connectivity index (χ4v) is 3.48. The largest absolute Gasteiger partial charge is 0.371 e. The molecule has 1 heterocycles. The van der Waals surface area contributed by atoms with E-state index in [9.17, 15) is 8.42 Å². The van der Waals surface area contributed by atoms with Gasteiger partial charge in [-0.25, -0.2) is 8.42 Å². The van der Waals surface area contributed by atoms with Crippen molar-refractivity contribution in [2.75, 3.05) is 30.0 Å². The number of benzene rings is 1. The third kappa shape index (κ3) is 3.50. The van der Waals surface area contributed by atoms with Crippen molar-refractivity contribution >= 4 is 15.5 Å². The Kier molecular flexibility index (Phi) is 4.19. The van der Waals surface area contributed by atoms with Crippen LogP contribution in [0.3, 0.4) is 0 Å². The molecule has 4 heteroatoms. The second kappa shape index (κ2) is 5.53. The quantitative estimate of drug-likeness (QED) is 0.832. The molecule has 1 atom stereocenters. The Balaban J connectivity index is 2.08. The minimum absolute atomic E-state index is 0.276. The van der Waals surface area contributed by atoms with Gasteiger partial charge in [0.05, 0.1) is 5.75 Å². The topological polar surface area (TPSA) is 37.4 Å². The van der Waals surface area contributed by atoms with Gasteiger partial charge in [0, 0.05) is 31.0 Å². The highest BCUT2D eigenvalue weighted by molar-refractivity contribution is 7.90. The second-order valence-corrected chi connectivity index (χ2v) is 8.10. The lowest BCUT2D eigenvalue weighted by Crippen LogP contribution is -2.25. The number of nitrogens with zero attached hydrogens (tertiary/aromatic N) is 1. The zero-order chi connectivity index (χ0) is 14.0. The smallest absolute Gasteiger partial charge is 0.147 e. The van der Waals surface area contributed by atoms with Crippen molar-refractivity contribution in [2.24, 2.45) is 5.92 Å². The maximum Gasteiger partial charge on any atom is 0.147 e. The molecule has 106 valence electrons. The van der Waals surface area contributed by atoms with E-state index in [1.165, 1.54) is 17.5 Å². The number of hydrogen-bond donors (Lipinski definition) is 0. The van der Waals surface area contributed by atoms with Crippen LogP contribution in [0.4, 0.5) is 5.69 Å². The summed E-state index contributed by atoms with van der Waals surface area (Å²) in [6.07, 6.45) is 2.01. The van der Waals surface area contributed by atoms with E-state index in [-0.39, 0.29) is 5.75 Å². The van der Waals surface area contributed by atoms with Crippen molar-refractivity contribution in [3.63, 3.8) is 0 Å². The van der Waals surface area contributed by atoms with Gasteiger partial charge in [-0.05, 0) is 24.0 Å². The van der Waals surface area contributed by atoms with E-state index in [4.69, 9.17) is 0 Å². The van der Waals surface area contributed by atoms with Crippen LogP contribution < -0.4 is 4.90 Å². The van der Waals surface area contributed by atoms with Gasteiger partial charge in [-0.1, -0.05) is 32.0 Å². The number of hydrogen-bond acceptors (Lipinski definition) is 3. The lowest BCUT2D eigenvalue weighted by Gasteiger charge is -2.20. The van der Waals surface area contributed by atoms with Gasteiger partial charge in [0.2, 0.25) is 0 Å². The lowest BCUT2D eigenvalue weighted by molar-refractivity contribution is 0.514. The van der Waals surface area contributed by atoms with Crippen LogP contribution >= 0.6 is 0 Å². The molecule has 0 aliphatic carbocycles. The van der Waals surface area contributed by atoms with Crippen molar-refractivity contribution in [1.82, 2.24) is 0 Å². The zero-order valence-corrected chi connectivity index (χ0v) is 12.8. The van der Waals surface area contributed by atoms with Gasteiger partial charge in [0.1, 0.15) is 9.84 Å². The maximum absolute atomic E-state index is 11.2. The summed E-state index contributed by atoms with van der Waals surface area (Å²) in [5, 5.41) is 0. The van der Waals surface area contributed by atoms with Crippen LogP contribution in [0.1, 0.15) is 31.7 Å². The first kappa shape index (κ1) is 14.4. The van der Waals surface area contributed by atoms with E-state index >= 15 is 0 Å². The molecule has 1 aromatic carbocycles. The van der Waals surface area contributed by atoms with Gasteiger partial charge in [-0.3, -0.25) is 0 Å². The molecule has 0 radical (unpaired) electrons. The molecule has 1 aliphatic rings. The molecule has 0 amide bonds.